The van der Waals surface area contributed by atoms with Crippen LogP contribution in [0.3, 0.4) is 0 Å². The molecular formula is C23H24N2O. The summed E-state index contributed by atoms with van der Waals surface area (Å²) >= 11 is 0. The summed E-state index contributed by atoms with van der Waals surface area (Å²) in [6.07, 6.45) is 3.99. The first-order chi connectivity index (χ1) is 12.5. The highest BCUT2D eigenvalue weighted by molar-refractivity contribution is 6.02. The number of hydrazone groups is 1. The third-order valence-electron chi connectivity index (χ3n) is 4.85. The Balaban J connectivity index is 1.69. The van der Waals surface area contributed by atoms with Gasteiger partial charge in [0.2, 0.25) is 0 Å². The Bertz CT molecular complexity index is 861. The van der Waals surface area contributed by atoms with E-state index < -0.39 is 0 Å². The van der Waals surface area contributed by atoms with Crippen LogP contribution in [-0.4, -0.2) is 11.6 Å². The van der Waals surface area contributed by atoms with Gasteiger partial charge in [0.05, 0.1) is 5.71 Å². The minimum absolute atomic E-state index is 0.192. The summed E-state index contributed by atoms with van der Waals surface area (Å²) in [4.78, 5) is 12.4. The van der Waals surface area contributed by atoms with Crippen molar-refractivity contribution in [1.29, 1.82) is 0 Å². The van der Waals surface area contributed by atoms with Crippen molar-refractivity contribution in [1.82, 2.24) is 5.43 Å². The Hall–Kier alpha value is -2.94. The van der Waals surface area contributed by atoms with Crippen molar-refractivity contribution in [2.45, 2.75) is 26.7 Å². The second-order valence-corrected chi connectivity index (χ2v) is 6.81. The van der Waals surface area contributed by atoms with Crippen LogP contribution in [0.15, 0.2) is 83.5 Å². The highest BCUT2D eigenvalue weighted by atomic mass is 16.2. The lowest BCUT2D eigenvalue weighted by molar-refractivity contribution is 0.0954. The molecule has 3 rings (SSSR count). The number of nitrogens with one attached hydrogen (secondary N) is 1. The molecule has 0 saturated carbocycles. The average molecular weight is 344 g/mol. The highest BCUT2D eigenvalue weighted by Crippen LogP contribution is 2.26. The molecule has 2 aromatic rings. The van der Waals surface area contributed by atoms with Gasteiger partial charge in [-0.2, -0.15) is 5.10 Å². The minimum Gasteiger partial charge on any atom is -0.267 e. The summed E-state index contributed by atoms with van der Waals surface area (Å²) in [5.74, 6) is 0.210. The van der Waals surface area contributed by atoms with Crippen molar-refractivity contribution in [3.05, 3.63) is 84.0 Å². The number of allylic oxidation sites excluding steroid dienone is 3. The van der Waals surface area contributed by atoms with Gasteiger partial charge in [0.1, 0.15) is 0 Å². The summed E-state index contributed by atoms with van der Waals surface area (Å²) in [6, 6.07) is 17.7. The van der Waals surface area contributed by atoms with Crippen LogP contribution in [0.25, 0.3) is 11.1 Å². The SMILES string of the molecule is C=C(C)C1CC=C(C)/C(=N\NC(=O)c2ccc(-c3ccccc3)cc2)C1. The lowest BCUT2D eigenvalue weighted by Gasteiger charge is -2.22. The van der Waals surface area contributed by atoms with Crippen molar-refractivity contribution in [2.24, 2.45) is 11.0 Å². The van der Waals surface area contributed by atoms with Gasteiger partial charge >= 0.3 is 0 Å². The van der Waals surface area contributed by atoms with E-state index in [-0.39, 0.29) is 5.91 Å². The van der Waals surface area contributed by atoms with Gasteiger partial charge in [-0.1, -0.05) is 60.7 Å². The number of benzene rings is 2. The van der Waals surface area contributed by atoms with Crippen molar-refractivity contribution in [2.75, 3.05) is 0 Å². The van der Waals surface area contributed by atoms with E-state index in [1.165, 1.54) is 0 Å². The molecule has 0 aliphatic heterocycles. The molecule has 1 atom stereocenters. The molecule has 1 unspecified atom stereocenters. The second kappa shape index (κ2) is 7.96. The van der Waals surface area contributed by atoms with Crippen LogP contribution < -0.4 is 5.43 Å². The highest BCUT2D eigenvalue weighted by Gasteiger charge is 2.19. The van der Waals surface area contributed by atoms with E-state index >= 15 is 0 Å². The Morgan fingerprint density at radius 2 is 1.73 bits per heavy atom. The predicted octanol–water partition coefficient (Wildman–Crippen LogP) is 5.37. The normalized spacial score (nSPS) is 18.3. The molecule has 3 nitrogen and oxygen atoms in total. The summed E-state index contributed by atoms with van der Waals surface area (Å²) in [6.45, 7) is 8.12. The molecule has 1 aliphatic carbocycles. The van der Waals surface area contributed by atoms with Crippen molar-refractivity contribution in [3.8, 4) is 11.1 Å². The Morgan fingerprint density at radius 3 is 2.38 bits per heavy atom. The van der Waals surface area contributed by atoms with Crippen molar-refractivity contribution in [3.63, 3.8) is 0 Å². The number of hydrogen-bond donors (Lipinski definition) is 1. The number of carbonyl (C=O) groups is 1. The topological polar surface area (TPSA) is 41.5 Å². The molecule has 1 N–H and O–H groups in total. The van der Waals surface area contributed by atoms with Crippen molar-refractivity contribution < 1.29 is 4.79 Å². The fourth-order valence-electron chi connectivity index (χ4n) is 3.05. The second-order valence-electron chi connectivity index (χ2n) is 6.81. The fourth-order valence-corrected chi connectivity index (χ4v) is 3.05. The molecular weight excluding hydrogens is 320 g/mol. The molecule has 2 aromatic carbocycles. The van der Waals surface area contributed by atoms with Gasteiger partial charge in [-0.25, -0.2) is 5.43 Å². The monoisotopic (exact) mass is 344 g/mol. The Labute approximate surface area is 155 Å². The van der Waals surface area contributed by atoms with E-state index in [2.05, 4.69) is 35.3 Å². The molecule has 1 amide bonds. The first-order valence-electron chi connectivity index (χ1n) is 8.89. The lowest BCUT2D eigenvalue weighted by Crippen LogP contribution is -2.23. The molecule has 132 valence electrons. The molecule has 0 heterocycles. The third-order valence-corrected chi connectivity index (χ3v) is 4.85. The van der Waals surface area contributed by atoms with Crippen LogP contribution in [-0.2, 0) is 0 Å². The van der Waals surface area contributed by atoms with E-state index in [0.717, 1.165) is 40.8 Å². The van der Waals surface area contributed by atoms with Gasteiger partial charge < -0.3 is 0 Å². The van der Waals surface area contributed by atoms with Crippen molar-refractivity contribution >= 4 is 11.6 Å². The number of nitrogens with zero attached hydrogens (tertiary/aromatic N) is 1. The quantitative estimate of drug-likeness (QED) is 0.588. The van der Waals surface area contributed by atoms with E-state index in [0.29, 0.717) is 11.5 Å². The van der Waals surface area contributed by atoms with E-state index in [1.54, 1.807) is 0 Å². The van der Waals surface area contributed by atoms with Gasteiger partial charge in [0.25, 0.3) is 5.91 Å². The molecule has 0 spiro atoms. The van der Waals surface area contributed by atoms with Gasteiger partial charge in [-0.3, -0.25) is 4.79 Å². The van der Waals surface area contributed by atoms with Crippen LogP contribution in [0, 0.1) is 5.92 Å². The first kappa shape index (κ1) is 17.9. The molecule has 3 heteroatoms. The molecule has 0 radical (unpaired) electrons. The lowest BCUT2D eigenvalue weighted by atomic mass is 9.85. The third kappa shape index (κ3) is 4.17. The van der Waals surface area contributed by atoms with Crippen LogP contribution in [0.1, 0.15) is 37.0 Å². The van der Waals surface area contributed by atoms with Crippen LogP contribution in [0.4, 0.5) is 0 Å². The maximum absolute atomic E-state index is 12.4. The summed E-state index contributed by atoms with van der Waals surface area (Å²) in [7, 11) is 0. The van der Waals surface area contributed by atoms with E-state index in [1.807, 2.05) is 56.3 Å². The minimum atomic E-state index is -0.192. The van der Waals surface area contributed by atoms with Gasteiger partial charge in [0.15, 0.2) is 0 Å². The van der Waals surface area contributed by atoms with Crippen LogP contribution in [0.2, 0.25) is 0 Å². The van der Waals surface area contributed by atoms with Crippen LogP contribution in [0.5, 0.6) is 0 Å². The Morgan fingerprint density at radius 1 is 1.08 bits per heavy atom. The van der Waals surface area contributed by atoms with Gasteiger partial charge in [-0.15, -0.1) is 0 Å². The number of amides is 1. The van der Waals surface area contributed by atoms with Gasteiger partial charge in [0, 0.05) is 5.56 Å². The average Bonchev–Trinajstić information content (AvgIpc) is 2.67. The summed E-state index contributed by atoms with van der Waals surface area (Å²) in [5, 5.41) is 4.36. The summed E-state index contributed by atoms with van der Waals surface area (Å²) in [5.41, 5.74) is 8.73. The Kier molecular flexibility index (Phi) is 5.47. The van der Waals surface area contributed by atoms with E-state index in [9.17, 15) is 4.79 Å². The molecule has 26 heavy (non-hydrogen) atoms. The zero-order valence-corrected chi connectivity index (χ0v) is 15.3. The molecule has 0 saturated heterocycles. The summed E-state index contributed by atoms with van der Waals surface area (Å²) < 4.78 is 0. The standard InChI is InChI=1S/C23H24N2O/c1-16(2)21-10-9-17(3)22(15-21)24-25-23(26)20-13-11-19(12-14-20)18-7-5-4-6-8-18/h4-9,11-14,21H,1,10,15H2,2-3H3,(H,25,26)/b24-22-. The largest absolute Gasteiger partial charge is 0.271 e. The number of carbonyl (C=O) groups excluding carboxylic acids is 1. The predicted molar refractivity (Wildman–Crippen MR) is 108 cm³/mol. The molecule has 0 fully saturated rings. The fraction of sp³-hybridized carbons (Fsp3) is 0.217. The number of rotatable bonds is 4. The molecule has 0 bridgehead atoms. The first-order valence-corrected chi connectivity index (χ1v) is 8.89. The van der Waals surface area contributed by atoms with Crippen LogP contribution >= 0.6 is 0 Å². The van der Waals surface area contributed by atoms with E-state index in [4.69, 9.17) is 0 Å². The smallest absolute Gasteiger partial charge is 0.267 e. The zero-order chi connectivity index (χ0) is 18.5. The maximum atomic E-state index is 12.4. The molecule has 1 aliphatic rings. The molecule has 0 aromatic heterocycles. The zero-order valence-electron chi connectivity index (χ0n) is 15.3. The maximum Gasteiger partial charge on any atom is 0.271 e. The number of hydrogen-bond acceptors (Lipinski definition) is 2. The van der Waals surface area contributed by atoms with Gasteiger partial charge in [-0.05, 0) is 61.4 Å².